The van der Waals surface area contributed by atoms with Crippen molar-refractivity contribution in [3.63, 3.8) is 0 Å². The first kappa shape index (κ1) is 22.0. The minimum atomic E-state index is -0.00929. The fraction of sp³-hybridized carbons (Fsp3) is 0.500. The van der Waals surface area contributed by atoms with E-state index in [2.05, 4.69) is 52.4 Å². The van der Waals surface area contributed by atoms with Gasteiger partial charge in [0.2, 0.25) is 0 Å². The van der Waals surface area contributed by atoms with Crippen LogP contribution in [0.3, 0.4) is 0 Å². The van der Waals surface area contributed by atoms with E-state index in [1.807, 2.05) is 18.2 Å². The molecule has 31 heavy (non-hydrogen) atoms. The van der Waals surface area contributed by atoms with Gasteiger partial charge in [0, 0.05) is 44.3 Å². The van der Waals surface area contributed by atoms with E-state index >= 15 is 0 Å². The standard InChI is InChI=1S/C26H35N3O2/c1-21-7-4-5-12-29(21)20-25-10-3-2-9-24(25)18-27-26(30)23-11-6-8-22(17-23)19-28-13-15-31-16-14-28/h2-3,6,8-11,17,21H,4-5,7,12-16,18-20H2,1H3,(H,27,30). The van der Waals surface area contributed by atoms with Crippen molar-refractivity contribution in [3.05, 3.63) is 70.8 Å². The SMILES string of the molecule is CC1CCCCN1Cc1ccccc1CNC(=O)c1cccc(CN2CCOCC2)c1. The van der Waals surface area contributed by atoms with Crippen LogP contribution in [0.4, 0.5) is 0 Å². The molecule has 0 radical (unpaired) electrons. The van der Waals surface area contributed by atoms with Crippen molar-refractivity contribution in [2.75, 3.05) is 32.8 Å². The minimum Gasteiger partial charge on any atom is -0.379 e. The summed E-state index contributed by atoms with van der Waals surface area (Å²) in [5.74, 6) is -0.00929. The Bertz CT molecular complexity index is 863. The summed E-state index contributed by atoms with van der Waals surface area (Å²) in [5, 5.41) is 3.14. The van der Waals surface area contributed by atoms with E-state index in [4.69, 9.17) is 4.74 Å². The van der Waals surface area contributed by atoms with E-state index in [1.54, 1.807) is 0 Å². The van der Waals surface area contributed by atoms with Crippen molar-refractivity contribution in [1.82, 2.24) is 15.1 Å². The van der Waals surface area contributed by atoms with Gasteiger partial charge in [-0.25, -0.2) is 0 Å². The Hall–Kier alpha value is -2.21. The van der Waals surface area contributed by atoms with Gasteiger partial charge in [-0.1, -0.05) is 42.8 Å². The highest BCUT2D eigenvalue weighted by atomic mass is 16.5. The zero-order valence-corrected chi connectivity index (χ0v) is 18.7. The van der Waals surface area contributed by atoms with Crippen molar-refractivity contribution >= 4 is 5.91 Å². The maximum Gasteiger partial charge on any atom is 0.251 e. The van der Waals surface area contributed by atoms with Crippen LogP contribution in [-0.4, -0.2) is 54.6 Å². The Morgan fingerprint density at radius 3 is 2.61 bits per heavy atom. The lowest BCUT2D eigenvalue weighted by atomic mass is 10.0. The fourth-order valence-corrected chi connectivity index (χ4v) is 4.60. The Labute approximate surface area is 186 Å². The average molecular weight is 422 g/mol. The molecule has 0 saturated carbocycles. The second-order valence-electron chi connectivity index (χ2n) is 8.86. The van der Waals surface area contributed by atoms with Gasteiger partial charge in [0.25, 0.3) is 5.91 Å². The van der Waals surface area contributed by atoms with Crippen LogP contribution in [0.1, 0.15) is 53.2 Å². The highest BCUT2D eigenvalue weighted by Gasteiger charge is 2.19. The Morgan fingerprint density at radius 2 is 1.81 bits per heavy atom. The number of carbonyl (C=O) groups is 1. The van der Waals surface area contributed by atoms with E-state index < -0.39 is 0 Å². The molecule has 2 aliphatic rings. The number of carbonyl (C=O) groups excluding carboxylic acids is 1. The number of hydrogen-bond donors (Lipinski definition) is 1. The molecule has 0 bridgehead atoms. The molecule has 0 aliphatic carbocycles. The summed E-state index contributed by atoms with van der Waals surface area (Å²) in [4.78, 5) is 17.8. The molecule has 2 heterocycles. The number of morpholine rings is 1. The van der Waals surface area contributed by atoms with Gasteiger partial charge >= 0.3 is 0 Å². The van der Waals surface area contributed by atoms with E-state index in [-0.39, 0.29) is 5.91 Å². The van der Waals surface area contributed by atoms with Crippen LogP contribution < -0.4 is 5.32 Å². The number of ether oxygens (including phenoxy) is 1. The molecule has 2 aliphatic heterocycles. The number of nitrogens with zero attached hydrogens (tertiary/aromatic N) is 2. The first-order chi connectivity index (χ1) is 15.2. The Kier molecular flexibility index (Phi) is 7.73. The molecule has 1 N–H and O–H groups in total. The summed E-state index contributed by atoms with van der Waals surface area (Å²) in [6.07, 6.45) is 3.89. The first-order valence-corrected chi connectivity index (χ1v) is 11.7. The number of piperidine rings is 1. The molecule has 1 atom stereocenters. The number of benzene rings is 2. The molecule has 5 heteroatoms. The molecular formula is C26H35N3O2. The Balaban J connectivity index is 1.36. The summed E-state index contributed by atoms with van der Waals surface area (Å²) in [7, 11) is 0. The maximum atomic E-state index is 12.9. The lowest BCUT2D eigenvalue weighted by Crippen LogP contribution is -2.37. The van der Waals surface area contributed by atoms with Crippen LogP contribution in [0.5, 0.6) is 0 Å². The van der Waals surface area contributed by atoms with Crippen LogP contribution in [0.25, 0.3) is 0 Å². The molecule has 2 aromatic rings. The van der Waals surface area contributed by atoms with Crippen LogP contribution >= 0.6 is 0 Å². The molecular weight excluding hydrogens is 386 g/mol. The maximum absolute atomic E-state index is 12.9. The van der Waals surface area contributed by atoms with Crippen molar-refractivity contribution in [2.24, 2.45) is 0 Å². The highest BCUT2D eigenvalue weighted by Crippen LogP contribution is 2.21. The van der Waals surface area contributed by atoms with Gasteiger partial charge in [-0.3, -0.25) is 14.6 Å². The summed E-state index contributed by atoms with van der Waals surface area (Å²) in [5.41, 5.74) is 4.43. The molecule has 1 unspecified atom stereocenters. The minimum absolute atomic E-state index is 0.00929. The van der Waals surface area contributed by atoms with Crippen LogP contribution in [0, 0.1) is 0 Å². The smallest absolute Gasteiger partial charge is 0.251 e. The van der Waals surface area contributed by atoms with Crippen molar-refractivity contribution in [3.8, 4) is 0 Å². The lowest BCUT2D eigenvalue weighted by Gasteiger charge is -2.33. The quantitative estimate of drug-likeness (QED) is 0.738. The van der Waals surface area contributed by atoms with Gasteiger partial charge in [-0.05, 0) is 55.1 Å². The first-order valence-electron chi connectivity index (χ1n) is 11.7. The van der Waals surface area contributed by atoms with E-state index in [0.717, 1.165) is 51.5 Å². The zero-order chi connectivity index (χ0) is 21.5. The highest BCUT2D eigenvalue weighted by molar-refractivity contribution is 5.94. The molecule has 166 valence electrons. The number of amides is 1. The molecule has 1 amide bonds. The molecule has 2 saturated heterocycles. The van der Waals surface area contributed by atoms with Crippen LogP contribution in [0.15, 0.2) is 48.5 Å². The number of nitrogens with one attached hydrogen (secondary N) is 1. The summed E-state index contributed by atoms with van der Waals surface area (Å²) < 4.78 is 5.43. The van der Waals surface area contributed by atoms with Crippen LogP contribution in [-0.2, 0) is 24.4 Å². The third-order valence-corrected chi connectivity index (χ3v) is 6.57. The predicted molar refractivity (Wildman–Crippen MR) is 124 cm³/mol. The van der Waals surface area contributed by atoms with Gasteiger partial charge < -0.3 is 10.1 Å². The van der Waals surface area contributed by atoms with Gasteiger partial charge in [0.05, 0.1) is 13.2 Å². The van der Waals surface area contributed by atoms with Crippen molar-refractivity contribution in [1.29, 1.82) is 0 Å². The fourth-order valence-electron chi connectivity index (χ4n) is 4.60. The van der Waals surface area contributed by atoms with Gasteiger partial charge in [0.15, 0.2) is 0 Å². The normalized spacial score (nSPS) is 20.5. The Morgan fingerprint density at radius 1 is 1.00 bits per heavy atom. The zero-order valence-electron chi connectivity index (χ0n) is 18.7. The summed E-state index contributed by atoms with van der Waals surface area (Å²) >= 11 is 0. The average Bonchev–Trinajstić information content (AvgIpc) is 2.80. The second kappa shape index (κ2) is 10.9. The number of hydrogen-bond acceptors (Lipinski definition) is 4. The molecule has 0 spiro atoms. The molecule has 2 aromatic carbocycles. The van der Waals surface area contributed by atoms with E-state index in [1.165, 1.54) is 36.0 Å². The number of likely N-dealkylation sites (tertiary alicyclic amines) is 1. The number of rotatable bonds is 7. The van der Waals surface area contributed by atoms with Gasteiger partial charge in [0.1, 0.15) is 0 Å². The predicted octanol–water partition coefficient (Wildman–Crippen LogP) is 3.82. The van der Waals surface area contributed by atoms with Gasteiger partial charge in [-0.2, -0.15) is 0 Å². The molecule has 5 nitrogen and oxygen atoms in total. The third-order valence-electron chi connectivity index (χ3n) is 6.57. The van der Waals surface area contributed by atoms with Gasteiger partial charge in [-0.15, -0.1) is 0 Å². The molecule has 0 aromatic heterocycles. The lowest BCUT2D eigenvalue weighted by molar-refractivity contribution is 0.0342. The molecule has 4 rings (SSSR count). The monoisotopic (exact) mass is 421 g/mol. The van der Waals surface area contributed by atoms with E-state index in [0.29, 0.717) is 12.6 Å². The summed E-state index contributed by atoms with van der Waals surface area (Å²) in [6, 6.07) is 17.1. The largest absolute Gasteiger partial charge is 0.379 e. The van der Waals surface area contributed by atoms with Crippen molar-refractivity contribution in [2.45, 2.75) is 51.9 Å². The molecule has 2 fully saturated rings. The second-order valence-corrected chi connectivity index (χ2v) is 8.86. The van der Waals surface area contributed by atoms with Crippen LogP contribution in [0.2, 0.25) is 0 Å². The van der Waals surface area contributed by atoms with E-state index in [9.17, 15) is 4.79 Å². The van der Waals surface area contributed by atoms with Crippen molar-refractivity contribution < 1.29 is 9.53 Å². The topological polar surface area (TPSA) is 44.8 Å². The summed E-state index contributed by atoms with van der Waals surface area (Å²) in [6.45, 7) is 9.34. The third kappa shape index (κ3) is 6.16.